The van der Waals surface area contributed by atoms with Gasteiger partial charge in [0.25, 0.3) is 5.91 Å². The number of carbonyl (C=O) groups excluding carboxylic acids is 2. The fraction of sp³-hybridized carbons (Fsp3) is 0.222. The smallest absolute Gasteiger partial charge is 0.316 e. The number of hydrogen-bond acceptors (Lipinski definition) is 4. The van der Waals surface area contributed by atoms with E-state index in [1.54, 1.807) is 12.1 Å². The largest absolute Gasteiger partial charge is 0.455 e. The monoisotopic (exact) mass is 407 g/mol. The third kappa shape index (κ3) is 6.02. The van der Waals surface area contributed by atoms with Crippen molar-refractivity contribution in [3.05, 3.63) is 58.1 Å². The molecule has 0 fully saturated rings. The van der Waals surface area contributed by atoms with Crippen LogP contribution in [0.25, 0.3) is 0 Å². The van der Waals surface area contributed by atoms with Crippen LogP contribution in [0.1, 0.15) is 11.1 Å². The highest BCUT2D eigenvalue weighted by atomic mass is 79.9. The number of esters is 1. The molecule has 0 unspecified atom stereocenters. The number of amides is 1. The summed E-state index contributed by atoms with van der Waals surface area (Å²) in [7, 11) is 0. The molecule has 0 saturated heterocycles. The van der Waals surface area contributed by atoms with Gasteiger partial charge in [0, 0.05) is 15.1 Å². The van der Waals surface area contributed by atoms with Gasteiger partial charge in [-0.1, -0.05) is 28.1 Å². The van der Waals surface area contributed by atoms with Gasteiger partial charge < -0.3 is 10.1 Å². The number of benzene rings is 2. The molecule has 2 aromatic carbocycles. The SMILES string of the molecule is Cc1ccc(SCC(=O)OCC(=O)Nc2cccc(Br)c2)cc1C. The van der Waals surface area contributed by atoms with Gasteiger partial charge in [-0.05, 0) is 55.3 Å². The van der Waals surface area contributed by atoms with Crippen LogP contribution in [-0.4, -0.2) is 24.2 Å². The Labute approximate surface area is 154 Å². The first-order valence-electron chi connectivity index (χ1n) is 7.35. The molecule has 0 radical (unpaired) electrons. The molecule has 0 heterocycles. The Hall–Kier alpha value is -1.79. The Morgan fingerprint density at radius 2 is 1.92 bits per heavy atom. The molecule has 24 heavy (non-hydrogen) atoms. The lowest BCUT2D eigenvalue weighted by Crippen LogP contribution is -2.21. The number of thioether (sulfide) groups is 1. The summed E-state index contributed by atoms with van der Waals surface area (Å²) in [6, 6.07) is 13.2. The maximum absolute atomic E-state index is 11.8. The maximum Gasteiger partial charge on any atom is 0.316 e. The highest BCUT2D eigenvalue weighted by molar-refractivity contribution is 9.10. The zero-order chi connectivity index (χ0) is 17.5. The quantitative estimate of drug-likeness (QED) is 0.571. The van der Waals surface area contributed by atoms with Crippen LogP contribution < -0.4 is 5.32 Å². The van der Waals surface area contributed by atoms with Gasteiger partial charge in [-0.25, -0.2) is 0 Å². The second-order valence-corrected chi connectivity index (χ2v) is 7.22. The Balaban J connectivity index is 1.74. The van der Waals surface area contributed by atoms with Crippen molar-refractivity contribution in [3.8, 4) is 0 Å². The highest BCUT2D eigenvalue weighted by Crippen LogP contribution is 2.21. The Bertz CT molecular complexity index is 749. The molecule has 0 saturated carbocycles. The van der Waals surface area contributed by atoms with Crippen molar-refractivity contribution >= 4 is 45.3 Å². The molecule has 0 aliphatic heterocycles. The van der Waals surface area contributed by atoms with E-state index < -0.39 is 5.97 Å². The number of ether oxygens (including phenoxy) is 1. The summed E-state index contributed by atoms with van der Waals surface area (Å²) in [6.07, 6.45) is 0. The Morgan fingerprint density at radius 3 is 2.62 bits per heavy atom. The molecular formula is C18H18BrNO3S. The average Bonchev–Trinajstić information content (AvgIpc) is 2.54. The van der Waals surface area contributed by atoms with Crippen molar-refractivity contribution in [1.82, 2.24) is 0 Å². The molecule has 0 aliphatic carbocycles. The molecule has 0 aliphatic rings. The van der Waals surface area contributed by atoms with Crippen LogP contribution in [0.15, 0.2) is 51.8 Å². The molecule has 6 heteroatoms. The van der Waals surface area contributed by atoms with Crippen LogP contribution in [0.3, 0.4) is 0 Å². The number of carbonyl (C=O) groups is 2. The second-order valence-electron chi connectivity index (χ2n) is 5.25. The first-order valence-corrected chi connectivity index (χ1v) is 9.13. The van der Waals surface area contributed by atoms with Gasteiger partial charge in [0.05, 0.1) is 5.75 Å². The van der Waals surface area contributed by atoms with E-state index in [0.717, 1.165) is 9.37 Å². The van der Waals surface area contributed by atoms with Gasteiger partial charge in [-0.3, -0.25) is 9.59 Å². The van der Waals surface area contributed by atoms with E-state index in [1.807, 2.05) is 44.2 Å². The fourth-order valence-electron chi connectivity index (χ4n) is 1.90. The highest BCUT2D eigenvalue weighted by Gasteiger charge is 2.09. The van der Waals surface area contributed by atoms with Crippen molar-refractivity contribution in [3.63, 3.8) is 0 Å². The second kappa shape index (κ2) is 8.89. The zero-order valence-corrected chi connectivity index (χ0v) is 15.9. The number of rotatable bonds is 6. The van der Waals surface area contributed by atoms with E-state index in [2.05, 4.69) is 21.2 Å². The molecule has 0 atom stereocenters. The van der Waals surface area contributed by atoms with Crippen molar-refractivity contribution in [2.45, 2.75) is 18.7 Å². The Morgan fingerprint density at radius 1 is 1.12 bits per heavy atom. The summed E-state index contributed by atoms with van der Waals surface area (Å²) in [5, 5.41) is 2.67. The lowest BCUT2D eigenvalue weighted by Gasteiger charge is -2.07. The van der Waals surface area contributed by atoms with Crippen LogP contribution in [0.4, 0.5) is 5.69 Å². The van der Waals surface area contributed by atoms with Crippen LogP contribution in [0.5, 0.6) is 0 Å². The summed E-state index contributed by atoms with van der Waals surface area (Å²) >= 11 is 4.72. The minimum Gasteiger partial charge on any atom is -0.455 e. The van der Waals surface area contributed by atoms with Crippen LogP contribution in [-0.2, 0) is 14.3 Å². The van der Waals surface area contributed by atoms with E-state index in [1.165, 1.54) is 22.9 Å². The number of aryl methyl sites for hydroxylation is 2. The molecule has 4 nitrogen and oxygen atoms in total. The lowest BCUT2D eigenvalue weighted by molar-refractivity contribution is -0.144. The van der Waals surface area contributed by atoms with Crippen LogP contribution in [0, 0.1) is 13.8 Å². The average molecular weight is 408 g/mol. The fourth-order valence-corrected chi connectivity index (χ4v) is 3.09. The molecule has 1 N–H and O–H groups in total. The predicted octanol–water partition coefficient (Wildman–Crippen LogP) is 4.34. The molecule has 126 valence electrons. The zero-order valence-electron chi connectivity index (χ0n) is 13.5. The minimum absolute atomic E-state index is 0.173. The number of hydrogen-bond donors (Lipinski definition) is 1. The van der Waals surface area contributed by atoms with Gasteiger partial charge in [0.15, 0.2) is 6.61 Å². The van der Waals surface area contributed by atoms with Crippen molar-refractivity contribution in [2.24, 2.45) is 0 Å². The van der Waals surface area contributed by atoms with E-state index in [-0.39, 0.29) is 18.3 Å². The minimum atomic E-state index is -0.414. The van der Waals surface area contributed by atoms with Gasteiger partial charge >= 0.3 is 5.97 Å². The topological polar surface area (TPSA) is 55.4 Å². The van der Waals surface area contributed by atoms with Gasteiger partial charge in [-0.15, -0.1) is 11.8 Å². The summed E-state index contributed by atoms with van der Waals surface area (Å²) in [5.41, 5.74) is 3.04. The summed E-state index contributed by atoms with van der Waals surface area (Å²) in [5.74, 6) is -0.604. The maximum atomic E-state index is 11.8. The van der Waals surface area contributed by atoms with Crippen LogP contribution in [0.2, 0.25) is 0 Å². The summed E-state index contributed by atoms with van der Waals surface area (Å²) < 4.78 is 5.86. The first kappa shape index (κ1) is 18.5. The summed E-state index contributed by atoms with van der Waals surface area (Å²) in [4.78, 5) is 24.5. The van der Waals surface area contributed by atoms with Gasteiger partial charge in [0.2, 0.25) is 0 Å². The number of nitrogens with one attached hydrogen (secondary N) is 1. The summed E-state index contributed by atoms with van der Waals surface area (Å²) in [6.45, 7) is 3.78. The van der Waals surface area contributed by atoms with Crippen molar-refractivity contribution in [1.29, 1.82) is 0 Å². The van der Waals surface area contributed by atoms with Crippen LogP contribution >= 0.6 is 27.7 Å². The molecular weight excluding hydrogens is 390 g/mol. The van der Waals surface area contributed by atoms with Gasteiger partial charge in [-0.2, -0.15) is 0 Å². The molecule has 0 spiro atoms. The van der Waals surface area contributed by atoms with E-state index in [9.17, 15) is 9.59 Å². The predicted molar refractivity (Wildman–Crippen MR) is 100 cm³/mol. The standard InChI is InChI=1S/C18H18BrNO3S/c1-12-6-7-16(8-13(12)2)24-11-18(22)23-10-17(21)20-15-5-3-4-14(19)9-15/h3-9H,10-11H2,1-2H3,(H,20,21). The number of anilines is 1. The molecule has 2 rings (SSSR count). The normalized spacial score (nSPS) is 10.3. The molecule has 0 aromatic heterocycles. The van der Waals surface area contributed by atoms with E-state index >= 15 is 0 Å². The lowest BCUT2D eigenvalue weighted by atomic mass is 10.1. The third-order valence-electron chi connectivity index (χ3n) is 3.31. The molecule has 2 aromatic rings. The first-order chi connectivity index (χ1) is 11.4. The third-order valence-corrected chi connectivity index (χ3v) is 4.77. The number of halogens is 1. The molecule has 0 bridgehead atoms. The van der Waals surface area contributed by atoms with Crippen molar-refractivity contribution in [2.75, 3.05) is 17.7 Å². The van der Waals surface area contributed by atoms with E-state index in [0.29, 0.717) is 5.69 Å². The van der Waals surface area contributed by atoms with Crippen molar-refractivity contribution < 1.29 is 14.3 Å². The Kier molecular flexibility index (Phi) is 6.87. The molecule has 1 amide bonds. The van der Waals surface area contributed by atoms with E-state index in [4.69, 9.17) is 4.74 Å². The van der Waals surface area contributed by atoms with Gasteiger partial charge in [0.1, 0.15) is 0 Å².